The number of ether oxygens (including phenoxy) is 3. The standard InChI is InChI=1S/C32H33N3O2S.C25H27N3O2S.CH4.ClH2N/c1-2-7-25(8-3-1)24-37-32-14-12-26-11-13-27(23-29(26)33-32)36-21-5-4-16-34-17-19-35(20-18-34)30-9-6-10-31-28(30)15-22-38-31;29-25-9-7-19-6-8-20(18-22(19)26-25)30-16-2-1-11-27-12-14-28(15-13-27)23-4-3-5-24-21(23)10-17-31-24;;1-2/h1-3,6-15,22-23H,4-5,16-21,24H2;3-10,17-18H,1-2,11-16H2,(H,26,29);1H4;2H2/i4D2,5D2,16D2,21D2;1D2,2D2,11D2,16D2;;. The van der Waals surface area contributed by atoms with Crippen molar-refractivity contribution < 1.29 is 36.1 Å². The minimum Gasteiger partial charge on any atom is -0.494 e. The van der Waals surface area contributed by atoms with Gasteiger partial charge in [-0.3, -0.25) is 14.6 Å². The zero-order chi connectivity index (χ0) is 63.0. The number of anilines is 2. The average Bonchev–Trinajstić information content (AvgIpc) is 0.895. The SMILES string of the molecule is C.NCl.[2H]C([2H])(Oc1ccc2ccc(=O)[nH]c2c1)C([2H])([2H])C([2H])([2H])C([2H])([2H])N1CCN(c2cccc3sccc23)CC1.[2H]C([2H])(Oc1ccc2ccc(OCc3ccccc3)nc2c1)C([2H])([2H])C([2H])([2H])C([2H])([2H])N1CCN(c2cccc3sccc23)CC1. The third-order valence-electron chi connectivity index (χ3n) is 11.7. The number of piperazine rings is 2. The largest absolute Gasteiger partial charge is 0.494 e. The molecule has 5 aromatic carbocycles. The second kappa shape index (κ2) is 26.5. The van der Waals surface area contributed by atoms with Crippen LogP contribution in [0.15, 0.2) is 155 Å². The summed E-state index contributed by atoms with van der Waals surface area (Å²) in [6.07, 6.45) is -13.5. The summed E-state index contributed by atoms with van der Waals surface area (Å²) in [7, 11) is 0. The van der Waals surface area contributed by atoms with Gasteiger partial charge in [0.05, 0.1) is 29.6 Å². The molecule has 2 aliphatic rings. The first kappa shape index (κ1) is 35.0. The molecule has 0 aliphatic carbocycles. The number of aromatic nitrogens is 2. The van der Waals surface area contributed by atoms with Crippen LogP contribution in [0.25, 0.3) is 42.0 Å². The first-order chi connectivity index (χ1) is 41.0. The molecule has 14 heteroatoms. The van der Waals surface area contributed by atoms with E-state index in [-0.39, 0.29) is 50.7 Å². The highest BCUT2D eigenvalue weighted by Gasteiger charge is 2.20. The quantitative estimate of drug-likeness (QED) is 0.0855. The van der Waals surface area contributed by atoms with Crippen molar-refractivity contribution >= 4 is 87.8 Å². The molecule has 0 radical (unpaired) electrons. The zero-order valence-corrected chi connectivity index (χ0v) is 40.8. The fraction of sp³-hybridized carbons (Fsp3) is 0.310. The fourth-order valence-corrected chi connectivity index (χ4v) is 9.82. The lowest BCUT2D eigenvalue weighted by Gasteiger charge is -2.36. The number of hydrogen-bond acceptors (Lipinski definition) is 12. The van der Waals surface area contributed by atoms with Crippen LogP contribution in [0.3, 0.4) is 0 Å². The second-order valence-corrected chi connectivity index (χ2v) is 18.0. The summed E-state index contributed by atoms with van der Waals surface area (Å²) < 4.78 is 156. The lowest BCUT2D eigenvalue weighted by atomic mass is 10.2. The van der Waals surface area contributed by atoms with Gasteiger partial charge in [0, 0.05) is 130 Å². The third-order valence-corrected chi connectivity index (χ3v) is 13.5. The van der Waals surface area contributed by atoms with Gasteiger partial charge in [0.2, 0.25) is 11.4 Å². The van der Waals surface area contributed by atoms with Gasteiger partial charge in [-0.25, -0.2) is 10.2 Å². The summed E-state index contributed by atoms with van der Waals surface area (Å²) in [6, 6.07) is 40.8. The number of benzene rings is 5. The van der Waals surface area contributed by atoms with Gasteiger partial charge in [0.15, 0.2) is 0 Å². The first-order valence-electron chi connectivity index (χ1n) is 30.8. The Morgan fingerprint density at radius 2 is 1.12 bits per heavy atom. The number of H-pyrrole nitrogens is 1. The molecule has 0 atom stereocenters. The van der Waals surface area contributed by atoms with Crippen LogP contribution >= 0.6 is 34.5 Å². The molecule has 376 valence electrons. The summed E-state index contributed by atoms with van der Waals surface area (Å²) in [5.74, 6) is 0.121. The molecule has 11 nitrogen and oxygen atoms in total. The van der Waals surface area contributed by atoms with Crippen LogP contribution in [-0.2, 0) is 6.61 Å². The van der Waals surface area contributed by atoms with Crippen molar-refractivity contribution in [2.45, 2.75) is 39.5 Å². The fourth-order valence-electron chi connectivity index (χ4n) is 8.21. The molecule has 0 unspecified atom stereocenters. The van der Waals surface area contributed by atoms with E-state index in [1.54, 1.807) is 53.0 Å². The molecule has 11 rings (SSSR count). The summed E-state index contributed by atoms with van der Waals surface area (Å²) in [4.78, 5) is 25.4. The minimum atomic E-state index is -3.41. The van der Waals surface area contributed by atoms with E-state index in [0.717, 1.165) is 37.1 Å². The molecule has 2 saturated heterocycles. The van der Waals surface area contributed by atoms with E-state index < -0.39 is 51.6 Å². The second-order valence-electron chi connectivity index (χ2n) is 16.1. The van der Waals surface area contributed by atoms with Gasteiger partial charge >= 0.3 is 0 Å². The number of aromatic amines is 1. The summed E-state index contributed by atoms with van der Waals surface area (Å²) in [5, 5.41) is 11.5. The lowest BCUT2D eigenvalue weighted by molar-refractivity contribution is 0.239. The topological polar surface area (TPSA) is 112 Å². The predicted octanol–water partition coefficient (Wildman–Crippen LogP) is 12.5. The van der Waals surface area contributed by atoms with Crippen molar-refractivity contribution in [3.63, 3.8) is 0 Å². The van der Waals surface area contributed by atoms with E-state index in [1.165, 1.54) is 40.1 Å². The number of nitrogens with zero attached hydrogens (tertiary/aromatic N) is 5. The monoisotopic (exact) mass is 1040 g/mol. The molecule has 0 spiro atoms. The maximum atomic E-state index is 11.6. The maximum Gasteiger partial charge on any atom is 0.248 e. The van der Waals surface area contributed by atoms with Crippen molar-refractivity contribution in [1.82, 2.24) is 19.8 Å². The molecule has 0 saturated carbocycles. The van der Waals surface area contributed by atoms with E-state index in [9.17, 15) is 4.79 Å². The highest BCUT2D eigenvalue weighted by Crippen LogP contribution is 2.33. The molecular formula is C58H66ClN7O4S2. The van der Waals surface area contributed by atoms with Gasteiger partial charge in [0.1, 0.15) is 18.1 Å². The van der Waals surface area contributed by atoms with Crippen molar-refractivity contribution in [2.24, 2.45) is 5.25 Å². The number of nitrogens with two attached hydrogens (primary N) is 1. The molecular weight excluding hydrogens is 958 g/mol. The van der Waals surface area contributed by atoms with Crippen LogP contribution in [0.4, 0.5) is 11.4 Å². The van der Waals surface area contributed by atoms with E-state index in [0.29, 0.717) is 60.5 Å². The maximum absolute atomic E-state index is 11.6. The molecule has 4 aromatic heterocycles. The Kier molecular flexibility index (Phi) is 12.9. The van der Waals surface area contributed by atoms with Crippen LogP contribution in [0.1, 0.15) is 60.4 Å². The number of nitrogens with one attached hydrogen (secondary N) is 1. The minimum absolute atomic E-state index is 0. The van der Waals surface area contributed by atoms with Crippen LogP contribution in [0.2, 0.25) is 0 Å². The Morgan fingerprint density at radius 1 is 0.583 bits per heavy atom. The van der Waals surface area contributed by atoms with Gasteiger partial charge in [-0.05, 0) is 145 Å². The average molecular weight is 1040 g/mol. The van der Waals surface area contributed by atoms with Crippen molar-refractivity contribution in [2.75, 3.05) is 88.3 Å². The van der Waals surface area contributed by atoms with Crippen LogP contribution in [0.5, 0.6) is 17.4 Å². The van der Waals surface area contributed by atoms with Gasteiger partial charge in [0.25, 0.3) is 0 Å². The van der Waals surface area contributed by atoms with E-state index >= 15 is 0 Å². The first-order valence-corrected chi connectivity index (χ1v) is 25.0. The molecule has 0 amide bonds. The smallest absolute Gasteiger partial charge is 0.248 e. The Hall–Kier alpha value is -6.19. The molecule has 9 aromatic rings. The molecule has 6 heterocycles. The molecule has 72 heavy (non-hydrogen) atoms. The highest BCUT2D eigenvalue weighted by atomic mass is 35.5. The third kappa shape index (κ3) is 13.9. The van der Waals surface area contributed by atoms with Gasteiger partial charge in [-0.2, -0.15) is 0 Å². The van der Waals surface area contributed by atoms with Gasteiger partial charge < -0.3 is 29.0 Å². The summed E-state index contributed by atoms with van der Waals surface area (Å²) in [5.41, 5.74) is 3.36. The number of halogens is 1. The highest BCUT2D eigenvalue weighted by molar-refractivity contribution is 7.17. The molecule has 3 N–H and O–H groups in total. The van der Waals surface area contributed by atoms with Crippen LogP contribution in [0, 0.1) is 0 Å². The van der Waals surface area contributed by atoms with Crippen LogP contribution < -0.4 is 34.8 Å². The predicted molar refractivity (Wildman–Crippen MR) is 304 cm³/mol. The van der Waals surface area contributed by atoms with E-state index in [2.05, 4.69) is 36.8 Å². The number of thiophene rings is 2. The van der Waals surface area contributed by atoms with E-state index in [1.807, 2.05) is 89.6 Å². The Labute approximate surface area is 458 Å². The Bertz CT molecular complexity index is 3900. The number of fused-ring (bicyclic) bond motifs is 4. The number of hydrogen-bond donors (Lipinski definition) is 2. The zero-order valence-electron chi connectivity index (χ0n) is 54.4. The Balaban J connectivity index is 0.000000222. The molecule has 2 aliphatic heterocycles. The normalized spacial score (nSPS) is 19.0. The summed E-state index contributed by atoms with van der Waals surface area (Å²) >= 11 is 7.40. The van der Waals surface area contributed by atoms with Crippen molar-refractivity contribution in [3.8, 4) is 17.4 Å². The molecule has 0 bridgehead atoms. The number of pyridine rings is 2. The van der Waals surface area contributed by atoms with E-state index in [4.69, 9.17) is 36.1 Å². The molecule has 2 fully saturated rings. The number of rotatable bonds is 17. The lowest BCUT2D eigenvalue weighted by Crippen LogP contribution is -2.46. The van der Waals surface area contributed by atoms with Crippen molar-refractivity contribution in [3.05, 3.63) is 166 Å². The summed E-state index contributed by atoms with van der Waals surface area (Å²) in [6.45, 7) is -9.86. The Morgan fingerprint density at radius 3 is 1.72 bits per heavy atom. The van der Waals surface area contributed by atoms with Gasteiger partial charge in [-0.15, -0.1) is 22.7 Å². The van der Waals surface area contributed by atoms with Crippen LogP contribution in [-0.4, -0.2) is 98.2 Å². The van der Waals surface area contributed by atoms with Gasteiger partial charge in [-0.1, -0.05) is 49.9 Å². The van der Waals surface area contributed by atoms with Crippen molar-refractivity contribution in [1.29, 1.82) is 0 Å².